The Morgan fingerprint density at radius 2 is 1.76 bits per heavy atom. The first kappa shape index (κ1) is 26.4. The van der Waals surface area contributed by atoms with Gasteiger partial charge in [-0.1, -0.05) is 18.2 Å². The van der Waals surface area contributed by atoms with Crippen molar-refractivity contribution in [1.29, 1.82) is 0 Å². The summed E-state index contributed by atoms with van der Waals surface area (Å²) in [5.74, 6) is 0.125. The zero-order valence-electron chi connectivity index (χ0n) is 20.7. The first-order valence-corrected chi connectivity index (χ1v) is 12.2. The highest BCUT2D eigenvalue weighted by molar-refractivity contribution is 6.29. The van der Waals surface area contributed by atoms with Crippen molar-refractivity contribution in [3.05, 3.63) is 90.3 Å². The predicted molar refractivity (Wildman–Crippen MR) is 148 cm³/mol. The number of carbonyl (C=O) groups is 2. The fourth-order valence-electron chi connectivity index (χ4n) is 3.74. The molecule has 1 atom stereocenters. The van der Waals surface area contributed by atoms with Gasteiger partial charge in [-0.2, -0.15) is 0 Å². The van der Waals surface area contributed by atoms with E-state index in [2.05, 4.69) is 25.9 Å². The minimum atomic E-state index is -0.351. The topological polar surface area (TPSA) is 125 Å². The smallest absolute Gasteiger partial charge is 0.255 e. The van der Waals surface area contributed by atoms with Gasteiger partial charge in [0.15, 0.2) is 11.5 Å². The number of phenols is 1. The van der Waals surface area contributed by atoms with E-state index >= 15 is 0 Å². The van der Waals surface area contributed by atoms with Gasteiger partial charge in [0.25, 0.3) is 5.91 Å². The van der Waals surface area contributed by atoms with E-state index in [1.54, 1.807) is 60.9 Å². The van der Waals surface area contributed by atoms with Crippen LogP contribution in [0.3, 0.4) is 0 Å². The Morgan fingerprint density at radius 3 is 2.53 bits per heavy atom. The van der Waals surface area contributed by atoms with Gasteiger partial charge in [-0.3, -0.25) is 14.6 Å². The molecule has 3 aromatic carbocycles. The highest BCUT2D eigenvalue weighted by Gasteiger charge is 2.12. The Labute approximate surface area is 224 Å². The van der Waals surface area contributed by atoms with E-state index in [9.17, 15) is 14.7 Å². The number of rotatable bonds is 9. The van der Waals surface area contributed by atoms with Crippen molar-refractivity contribution >= 4 is 40.6 Å². The first-order chi connectivity index (χ1) is 18.4. The van der Waals surface area contributed by atoms with Crippen molar-refractivity contribution in [2.24, 2.45) is 0 Å². The fourth-order valence-corrected chi connectivity index (χ4v) is 3.81. The van der Waals surface area contributed by atoms with Crippen LogP contribution < -0.4 is 20.7 Å². The molecule has 4 rings (SSSR count). The Hall–Kier alpha value is -4.63. The van der Waals surface area contributed by atoms with Gasteiger partial charge in [0.2, 0.25) is 5.91 Å². The van der Waals surface area contributed by atoms with Crippen LogP contribution in [-0.2, 0) is 4.79 Å². The second-order valence-electron chi connectivity index (χ2n) is 8.38. The van der Waals surface area contributed by atoms with Crippen molar-refractivity contribution in [3.63, 3.8) is 0 Å². The fraction of sp³-hybridized carbons (Fsp3) is 0.143. The molecule has 38 heavy (non-hydrogen) atoms. The number of nitrogens with one attached hydrogen (secondary N) is 3. The lowest BCUT2D eigenvalue weighted by molar-refractivity contribution is -0.113. The summed E-state index contributed by atoms with van der Waals surface area (Å²) < 4.78 is 5.19. The molecule has 0 aliphatic carbocycles. The molecular formula is C28H26ClN5O4. The van der Waals surface area contributed by atoms with Gasteiger partial charge >= 0.3 is 0 Å². The van der Waals surface area contributed by atoms with Crippen molar-refractivity contribution in [1.82, 2.24) is 9.97 Å². The summed E-state index contributed by atoms with van der Waals surface area (Å²) in [4.78, 5) is 33.3. The van der Waals surface area contributed by atoms with Crippen LogP contribution in [0, 0.1) is 0 Å². The van der Waals surface area contributed by atoms with Gasteiger partial charge in [0.05, 0.1) is 31.2 Å². The number of hydrogen-bond acceptors (Lipinski definition) is 7. The molecule has 0 saturated carbocycles. The normalized spacial score (nSPS) is 11.3. The molecule has 0 bridgehead atoms. The van der Waals surface area contributed by atoms with E-state index < -0.39 is 0 Å². The van der Waals surface area contributed by atoms with E-state index in [-0.39, 0.29) is 29.5 Å². The quantitative estimate of drug-likeness (QED) is 0.211. The Balaban J connectivity index is 1.45. The van der Waals surface area contributed by atoms with Gasteiger partial charge in [-0.15, -0.1) is 11.6 Å². The van der Waals surface area contributed by atoms with Crippen LogP contribution in [0.15, 0.2) is 79.1 Å². The molecule has 4 N–H and O–H groups in total. The summed E-state index contributed by atoms with van der Waals surface area (Å²) in [6.07, 6.45) is 3.26. The molecule has 0 spiro atoms. The maximum absolute atomic E-state index is 12.8. The number of methoxy groups -OCH3 is 1. The monoisotopic (exact) mass is 531 g/mol. The molecule has 194 valence electrons. The second kappa shape index (κ2) is 12.1. The van der Waals surface area contributed by atoms with Gasteiger partial charge in [-0.05, 0) is 61.0 Å². The number of aromatic nitrogens is 2. The minimum absolute atomic E-state index is 0.0462. The average Bonchev–Trinajstić information content (AvgIpc) is 2.93. The molecule has 1 aromatic heterocycles. The summed E-state index contributed by atoms with van der Waals surface area (Å²) in [5.41, 5.74) is 3.79. The maximum Gasteiger partial charge on any atom is 0.255 e. The lowest BCUT2D eigenvalue weighted by atomic mass is 10.1. The number of anilines is 3. The largest absolute Gasteiger partial charge is 0.504 e. The molecule has 10 heteroatoms. The molecule has 0 radical (unpaired) electrons. The second-order valence-corrected chi connectivity index (χ2v) is 8.65. The predicted octanol–water partition coefficient (Wildman–Crippen LogP) is 5.46. The van der Waals surface area contributed by atoms with Gasteiger partial charge in [0, 0.05) is 22.5 Å². The van der Waals surface area contributed by atoms with Crippen LogP contribution in [0.5, 0.6) is 11.5 Å². The van der Waals surface area contributed by atoms with Crippen molar-refractivity contribution in [2.75, 3.05) is 28.9 Å². The lowest BCUT2D eigenvalue weighted by Gasteiger charge is -2.17. The van der Waals surface area contributed by atoms with E-state index in [4.69, 9.17) is 16.3 Å². The summed E-state index contributed by atoms with van der Waals surface area (Å²) in [5, 5.41) is 18.7. The average molecular weight is 532 g/mol. The number of aromatic hydroxyl groups is 1. The van der Waals surface area contributed by atoms with E-state index in [0.29, 0.717) is 34.2 Å². The van der Waals surface area contributed by atoms with Crippen LogP contribution >= 0.6 is 11.6 Å². The maximum atomic E-state index is 12.8. The SMILES string of the molecule is COc1cc(-c2cncc(N[C@@H](C)c3cccc(NC(=O)c4cccc(NC(=O)CCl)c4)c3)n2)ccc1O. The number of halogens is 1. The number of amides is 2. The molecule has 0 saturated heterocycles. The van der Waals surface area contributed by atoms with Gasteiger partial charge in [-0.25, -0.2) is 4.98 Å². The van der Waals surface area contributed by atoms with Crippen LogP contribution in [0.4, 0.5) is 17.2 Å². The van der Waals surface area contributed by atoms with Crippen LogP contribution in [0.25, 0.3) is 11.3 Å². The summed E-state index contributed by atoms with van der Waals surface area (Å²) >= 11 is 5.54. The number of carbonyl (C=O) groups excluding carboxylic acids is 2. The zero-order valence-corrected chi connectivity index (χ0v) is 21.5. The molecule has 0 fully saturated rings. The lowest BCUT2D eigenvalue weighted by Crippen LogP contribution is -2.15. The number of phenolic OH excluding ortho intramolecular Hbond substituents is 1. The Morgan fingerprint density at radius 1 is 1.00 bits per heavy atom. The summed E-state index contributed by atoms with van der Waals surface area (Å²) in [7, 11) is 1.49. The molecule has 9 nitrogen and oxygen atoms in total. The summed E-state index contributed by atoms with van der Waals surface area (Å²) in [6.45, 7) is 1.97. The third-order valence-corrected chi connectivity index (χ3v) is 5.89. The van der Waals surface area contributed by atoms with Crippen LogP contribution in [0.2, 0.25) is 0 Å². The number of alkyl halides is 1. The van der Waals surface area contributed by atoms with Crippen LogP contribution in [0.1, 0.15) is 28.9 Å². The van der Waals surface area contributed by atoms with Crippen molar-refractivity contribution in [3.8, 4) is 22.8 Å². The molecular weight excluding hydrogens is 506 g/mol. The van der Waals surface area contributed by atoms with Crippen molar-refractivity contribution < 1.29 is 19.4 Å². The zero-order chi connectivity index (χ0) is 27.1. The third kappa shape index (κ3) is 6.57. The third-order valence-electron chi connectivity index (χ3n) is 5.65. The number of benzene rings is 3. The minimum Gasteiger partial charge on any atom is -0.504 e. The standard InChI is InChI=1S/C28H26ClN5O4/c1-17(31-26-16-30-15-23(34-26)19-9-10-24(35)25(13-19)38-2)18-5-3-8-22(11-18)33-28(37)20-6-4-7-21(12-20)32-27(36)14-29/h3-13,15-17,35H,14H2,1-2H3,(H,31,34)(H,32,36)(H,33,37)/t17-/m0/s1. The van der Waals surface area contributed by atoms with Crippen LogP contribution in [-0.4, -0.2) is 39.9 Å². The molecule has 4 aromatic rings. The number of ether oxygens (including phenoxy) is 1. The highest BCUT2D eigenvalue weighted by atomic mass is 35.5. The number of hydrogen-bond donors (Lipinski definition) is 4. The van der Waals surface area contributed by atoms with Gasteiger partial charge in [0.1, 0.15) is 11.7 Å². The first-order valence-electron chi connectivity index (χ1n) is 11.7. The highest BCUT2D eigenvalue weighted by Crippen LogP contribution is 2.31. The molecule has 0 aliphatic rings. The molecule has 1 heterocycles. The molecule has 0 unspecified atom stereocenters. The molecule has 0 aliphatic heterocycles. The van der Waals surface area contributed by atoms with Gasteiger partial charge < -0.3 is 25.8 Å². The summed E-state index contributed by atoms with van der Waals surface area (Å²) in [6, 6.07) is 18.9. The van der Waals surface area contributed by atoms with E-state index in [0.717, 1.165) is 11.1 Å². The Kier molecular flexibility index (Phi) is 8.40. The van der Waals surface area contributed by atoms with E-state index in [1.165, 1.54) is 7.11 Å². The number of nitrogens with zero attached hydrogens (tertiary/aromatic N) is 2. The van der Waals surface area contributed by atoms with E-state index in [1.807, 2.05) is 25.1 Å². The van der Waals surface area contributed by atoms with Crippen molar-refractivity contribution in [2.45, 2.75) is 13.0 Å². The Bertz CT molecular complexity index is 1460. The molecule has 2 amide bonds.